The first kappa shape index (κ1) is 15.8. The Labute approximate surface area is 113 Å². The van der Waals surface area contributed by atoms with Crippen LogP contribution in [0.1, 0.15) is 29.9 Å². The van der Waals surface area contributed by atoms with Crippen LogP contribution in [0.4, 0.5) is 0 Å². The van der Waals surface area contributed by atoms with Crippen molar-refractivity contribution in [1.82, 2.24) is 4.90 Å². The van der Waals surface area contributed by atoms with E-state index >= 15 is 0 Å². The monoisotopic (exact) mass is 267 g/mol. The summed E-state index contributed by atoms with van der Waals surface area (Å²) < 4.78 is 0. The number of rotatable bonds is 2. The summed E-state index contributed by atoms with van der Waals surface area (Å²) in [4.78, 5) is 10.3. The molecule has 0 aromatic heterocycles. The summed E-state index contributed by atoms with van der Waals surface area (Å²) in [5.41, 5.74) is 1.18. The molecule has 0 spiro atoms. The Kier molecular flexibility index (Phi) is 5.62. The highest BCUT2D eigenvalue weighted by Gasteiger charge is 2.24. The van der Waals surface area contributed by atoms with Gasteiger partial charge in [-0.3, -0.25) is 0 Å². The lowest BCUT2D eigenvalue weighted by Gasteiger charge is -2.30. The van der Waals surface area contributed by atoms with Crippen molar-refractivity contribution < 1.29 is 20.1 Å². The maximum Gasteiger partial charge on any atom is 0.304 e. The molecule has 5 heteroatoms. The van der Waals surface area contributed by atoms with Crippen LogP contribution in [-0.2, 0) is 10.8 Å². The average Bonchev–Trinajstić information content (AvgIpc) is 2.40. The second-order valence-corrected chi connectivity index (χ2v) is 4.86. The summed E-state index contributed by atoms with van der Waals surface area (Å²) in [6, 6.07) is 6.90. The van der Waals surface area contributed by atoms with Gasteiger partial charge >= 0.3 is 5.97 Å². The van der Waals surface area contributed by atoms with E-state index in [0.29, 0.717) is 5.92 Å². The first-order chi connectivity index (χ1) is 8.97. The molecule has 19 heavy (non-hydrogen) atoms. The number of likely N-dealkylation sites (N-methyl/N-ethyl adjacent to an activating group) is 1. The SMILES string of the molecule is C=O.CN1CCCC(c2cccc(C(O)(O)O)c2)C1. The van der Waals surface area contributed by atoms with E-state index in [1.54, 1.807) is 12.1 Å². The van der Waals surface area contributed by atoms with Crippen LogP contribution in [0.3, 0.4) is 0 Å². The predicted molar refractivity (Wildman–Crippen MR) is 71.4 cm³/mol. The Hall–Kier alpha value is -1.27. The van der Waals surface area contributed by atoms with Gasteiger partial charge in [0.1, 0.15) is 6.79 Å². The first-order valence-electron chi connectivity index (χ1n) is 6.22. The van der Waals surface area contributed by atoms with Gasteiger partial charge in [0.05, 0.1) is 0 Å². The van der Waals surface area contributed by atoms with Gasteiger partial charge in [-0.1, -0.05) is 18.2 Å². The Morgan fingerprint density at radius 3 is 2.58 bits per heavy atom. The van der Waals surface area contributed by atoms with Crippen LogP contribution in [0.2, 0.25) is 0 Å². The van der Waals surface area contributed by atoms with E-state index < -0.39 is 5.97 Å². The number of carbonyl (C=O) groups is 1. The highest BCUT2D eigenvalue weighted by atomic mass is 16.7. The fraction of sp³-hybridized carbons (Fsp3) is 0.500. The van der Waals surface area contributed by atoms with Crippen LogP contribution in [-0.4, -0.2) is 47.1 Å². The number of aliphatic hydroxyl groups is 3. The molecule has 1 atom stereocenters. The molecular weight excluding hydrogens is 246 g/mol. The molecule has 1 aliphatic heterocycles. The Bertz CT molecular complexity index is 403. The molecule has 0 saturated carbocycles. The zero-order valence-corrected chi connectivity index (χ0v) is 11.1. The third-order valence-electron chi connectivity index (χ3n) is 3.37. The lowest BCUT2D eigenvalue weighted by Crippen LogP contribution is -2.31. The van der Waals surface area contributed by atoms with Crippen LogP contribution in [0, 0.1) is 0 Å². The Morgan fingerprint density at radius 1 is 1.32 bits per heavy atom. The van der Waals surface area contributed by atoms with E-state index in [1.165, 1.54) is 6.07 Å². The maximum atomic E-state index is 9.16. The molecule has 1 fully saturated rings. The van der Waals surface area contributed by atoms with E-state index in [-0.39, 0.29) is 5.56 Å². The van der Waals surface area contributed by atoms with Crippen molar-refractivity contribution in [3.8, 4) is 0 Å². The van der Waals surface area contributed by atoms with Crippen molar-refractivity contribution >= 4 is 6.79 Å². The van der Waals surface area contributed by atoms with Gasteiger partial charge in [-0.15, -0.1) is 0 Å². The lowest BCUT2D eigenvalue weighted by atomic mass is 9.90. The van der Waals surface area contributed by atoms with Crippen LogP contribution in [0.15, 0.2) is 24.3 Å². The van der Waals surface area contributed by atoms with Crippen molar-refractivity contribution in [3.05, 3.63) is 35.4 Å². The summed E-state index contributed by atoms with van der Waals surface area (Å²) >= 11 is 0. The normalized spacial score (nSPS) is 20.5. The predicted octanol–water partition coefficient (Wildman–Crippen LogP) is 0.398. The zero-order valence-electron chi connectivity index (χ0n) is 11.1. The fourth-order valence-corrected chi connectivity index (χ4v) is 2.44. The highest BCUT2D eigenvalue weighted by Crippen LogP contribution is 2.28. The molecule has 2 rings (SSSR count). The van der Waals surface area contributed by atoms with E-state index in [4.69, 9.17) is 20.1 Å². The lowest BCUT2D eigenvalue weighted by molar-refractivity contribution is -0.323. The van der Waals surface area contributed by atoms with E-state index in [1.807, 2.05) is 12.9 Å². The first-order valence-corrected chi connectivity index (χ1v) is 6.22. The molecule has 0 amide bonds. The van der Waals surface area contributed by atoms with Crippen LogP contribution in [0.25, 0.3) is 0 Å². The molecule has 1 unspecified atom stereocenters. The second kappa shape index (κ2) is 6.77. The highest BCUT2D eigenvalue weighted by molar-refractivity contribution is 5.28. The summed E-state index contributed by atoms with van der Waals surface area (Å²) in [7, 11) is 2.09. The van der Waals surface area contributed by atoms with Crippen molar-refractivity contribution in [2.45, 2.75) is 24.7 Å². The molecule has 0 bridgehead atoms. The van der Waals surface area contributed by atoms with Gasteiger partial charge in [-0.05, 0) is 44.0 Å². The van der Waals surface area contributed by atoms with Crippen LogP contribution < -0.4 is 0 Å². The molecule has 1 saturated heterocycles. The average molecular weight is 267 g/mol. The minimum Gasteiger partial charge on any atom is -0.340 e. The van der Waals surface area contributed by atoms with Gasteiger partial charge in [0.2, 0.25) is 0 Å². The van der Waals surface area contributed by atoms with E-state index in [2.05, 4.69) is 11.9 Å². The number of nitrogens with zero attached hydrogens (tertiary/aromatic N) is 1. The molecule has 5 nitrogen and oxygen atoms in total. The van der Waals surface area contributed by atoms with Gasteiger partial charge in [-0.2, -0.15) is 0 Å². The van der Waals surface area contributed by atoms with Crippen molar-refractivity contribution in [1.29, 1.82) is 0 Å². The molecule has 106 valence electrons. The Morgan fingerprint density at radius 2 is 2.00 bits per heavy atom. The van der Waals surface area contributed by atoms with Crippen molar-refractivity contribution in [2.75, 3.05) is 20.1 Å². The Balaban J connectivity index is 0.000000861. The van der Waals surface area contributed by atoms with E-state index in [0.717, 1.165) is 31.5 Å². The van der Waals surface area contributed by atoms with Crippen molar-refractivity contribution in [2.24, 2.45) is 0 Å². The molecule has 0 radical (unpaired) electrons. The molecule has 3 N–H and O–H groups in total. The quantitative estimate of drug-likeness (QED) is 0.676. The summed E-state index contributed by atoms with van der Waals surface area (Å²) in [6.45, 7) is 4.08. The van der Waals surface area contributed by atoms with Gasteiger partial charge in [0.25, 0.3) is 0 Å². The molecule has 1 aromatic rings. The molecular formula is C14H21NO4. The largest absolute Gasteiger partial charge is 0.340 e. The third kappa shape index (κ3) is 4.40. The van der Waals surface area contributed by atoms with Gasteiger partial charge in [-0.25, -0.2) is 0 Å². The standard InChI is InChI=1S/C13H19NO3.CH2O/c1-14-7-3-5-11(9-14)10-4-2-6-12(8-10)13(15,16)17;1-2/h2,4,6,8,11,15-17H,3,5,7,9H2,1H3;1H2. The zero-order chi connectivity index (χ0) is 14.5. The second-order valence-electron chi connectivity index (χ2n) is 4.86. The van der Waals surface area contributed by atoms with Crippen molar-refractivity contribution in [3.63, 3.8) is 0 Å². The molecule has 1 aliphatic rings. The van der Waals surface area contributed by atoms with Crippen LogP contribution >= 0.6 is 0 Å². The molecule has 0 aliphatic carbocycles. The minimum atomic E-state index is -2.74. The number of piperidine rings is 1. The van der Waals surface area contributed by atoms with Crippen LogP contribution in [0.5, 0.6) is 0 Å². The number of hydrogen-bond acceptors (Lipinski definition) is 5. The van der Waals surface area contributed by atoms with E-state index in [9.17, 15) is 0 Å². The molecule has 1 aromatic carbocycles. The summed E-state index contributed by atoms with van der Waals surface area (Å²) in [6.07, 6.45) is 2.25. The number of carbonyl (C=O) groups excluding carboxylic acids is 1. The van der Waals surface area contributed by atoms with Gasteiger partial charge in [0, 0.05) is 12.1 Å². The summed E-state index contributed by atoms with van der Waals surface area (Å²) in [5.74, 6) is -2.34. The fourth-order valence-electron chi connectivity index (χ4n) is 2.44. The minimum absolute atomic E-state index is 0.128. The number of benzene rings is 1. The maximum absolute atomic E-state index is 9.16. The van der Waals surface area contributed by atoms with Gasteiger partial charge in [0.15, 0.2) is 0 Å². The topological polar surface area (TPSA) is 81.0 Å². The number of hydrogen-bond donors (Lipinski definition) is 3. The number of likely N-dealkylation sites (tertiary alicyclic amines) is 1. The van der Waals surface area contributed by atoms with Gasteiger partial charge < -0.3 is 25.0 Å². The third-order valence-corrected chi connectivity index (χ3v) is 3.37. The molecule has 1 heterocycles. The smallest absolute Gasteiger partial charge is 0.304 e. The summed E-state index contributed by atoms with van der Waals surface area (Å²) in [5, 5.41) is 27.5.